The van der Waals surface area contributed by atoms with E-state index in [-0.39, 0.29) is 0 Å². The number of rotatable bonds is 10. The zero-order valence-corrected chi connectivity index (χ0v) is 13.8. The maximum absolute atomic E-state index is 6.03. The van der Waals surface area contributed by atoms with Crippen molar-refractivity contribution in [3.8, 4) is 0 Å². The van der Waals surface area contributed by atoms with Gasteiger partial charge in [0.25, 0.3) is 0 Å². The lowest BCUT2D eigenvalue weighted by molar-refractivity contribution is 0.305. The van der Waals surface area contributed by atoms with Crippen molar-refractivity contribution in [3.05, 3.63) is 0 Å². The van der Waals surface area contributed by atoms with E-state index in [0.717, 1.165) is 6.04 Å². The summed E-state index contributed by atoms with van der Waals surface area (Å²) in [6.45, 7) is 8.85. The smallest absolute Gasteiger partial charge is 0.324 e. The number of unbranched alkanes of at least 4 members (excludes halogenated alkanes) is 5. The molecule has 1 atom stereocenters. The van der Waals surface area contributed by atoms with Crippen LogP contribution in [0.25, 0.3) is 0 Å². The lowest BCUT2D eigenvalue weighted by Crippen LogP contribution is -2.41. The summed E-state index contributed by atoms with van der Waals surface area (Å²) in [4.78, 5) is 0. The summed E-state index contributed by atoms with van der Waals surface area (Å²) in [5.74, 6) is 0. The zero-order chi connectivity index (χ0) is 12.4. The molecule has 0 saturated carbocycles. The van der Waals surface area contributed by atoms with Gasteiger partial charge in [0, 0.05) is 7.11 Å². The van der Waals surface area contributed by atoms with E-state index in [4.69, 9.17) is 8.54 Å². The van der Waals surface area contributed by atoms with Gasteiger partial charge in [-0.2, -0.15) is 0 Å². The Balaban J connectivity index is 3.61. The molecular formula is C12H29O2Si2. The molecule has 0 N–H and O–H groups in total. The van der Waals surface area contributed by atoms with Gasteiger partial charge in [-0.1, -0.05) is 45.4 Å². The van der Waals surface area contributed by atoms with E-state index in [9.17, 15) is 0 Å². The molecule has 2 nitrogen and oxygen atoms in total. The van der Waals surface area contributed by atoms with Crippen molar-refractivity contribution in [3.63, 3.8) is 0 Å². The highest BCUT2D eigenvalue weighted by Crippen LogP contribution is 2.19. The lowest BCUT2D eigenvalue weighted by Gasteiger charge is -2.27. The maximum atomic E-state index is 6.03. The molecule has 0 aliphatic carbocycles. The minimum absolute atomic E-state index is 0.617. The van der Waals surface area contributed by atoms with Crippen LogP contribution < -0.4 is 0 Å². The maximum Gasteiger partial charge on any atom is 0.324 e. The Kier molecular flexibility index (Phi) is 9.60. The highest BCUT2D eigenvalue weighted by Gasteiger charge is 2.30. The van der Waals surface area contributed by atoms with Crippen LogP contribution in [0.2, 0.25) is 25.7 Å². The first-order valence-electron chi connectivity index (χ1n) is 6.58. The van der Waals surface area contributed by atoms with E-state index in [1.165, 1.54) is 38.5 Å². The molecular weight excluding hydrogens is 232 g/mol. The van der Waals surface area contributed by atoms with Crippen molar-refractivity contribution in [1.82, 2.24) is 0 Å². The van der Waals surface area contributed by atoms with Gasteiger partial charge >= 0.3 is 8.56 Å². The Bertz CT molecular complexity index is 165. The molecule has 0 bridgehead atoms. The fourth-order valence-electron chi connectivity index (χ4n) is 1.85. The van der Waals surface area contributed by atoms with E-state index < -0.39 is 17.6 Å². The van der Waals surface area contributed by atoms with Crippen LogP contribution in [0.1, 0.15) is 45.4 Å². The number of hydrogen-bond donors (Lipinski definition) is 0. The van der Waals surface area contributed by atoms with E-state index >= 15 is 0 Å². The number of hydrogen-bond acceptors (Lipinski definition) is 2. The average Bonchev–Trinajstić information content (AvgIpc) is 2.22. The van der Waals surface area contributed by atoms with Crippen LogP contribution in [0.4, 0.5) is 0 Å². The summed E-state index contributed by atoms with van der Waals surface area (Å²) in [5.41, 5.74) is 0. The monoisotopic (exact) mass is 261 g/mol. The first kappa shape index (κ1) is 16.4. The molecule has 1 radical (unpaired) electrons. The van der Waals surface area contributed by atoms with Gasteiger partial charge in [0.1, 0.15) is 0 Å². The molecule has 0 rings (SSSR count). The van der Waals surface area contributed by atoms with Gasteiger partial charge in [0.2, 0.25) is 0 Å². The Morgan fingerprint density at radius 3 is 2.06 bits per heavy atom. The standard InChI is InChI=1S/C12H29O2Si2/c1-6-7-8-9-10-11-12-16(5,13-2)14-15(3)4/h6-12H2,1-5H3. The van der Waals surface area contributed by atoms with E-state index in [0.29, 0.717) is 0 Å². The Morgan fingerprint density at radius 1 is 1.00 bits per heavy atom. The van der Waals surface area contributed by atoms with Crippen molar-refractivity contribution in [2.45, 2.75) is 71.1 Å². The summed E-state index contributed by atoms with van der Waals surface area (Å²) >= 11 is 0. The second kappa shape index (κ2) is 9.39. The highest BCUT2D eigenvalue weighted by atomic mass is 28.4. The van der Waals surface area contributed by atoms with Crippen LogP contribution in [0.15, 0.2) is 0 Å². The third-order valence-electron chi connectivity index (χ3n) is 2.84. The molecule has 0 heterocycles. The largest absolute Gasteiger partial charge is 0.436 e. The summed E-state index contributed by atoms with van der Waals surface area (Å²) in [6, 6.07) is 1.16. The second-order valence-corrected chi connectivity index (χ2v) is 10.7. The molecule has 0 spiro atoms. The van der Waals surface area contributed by atoms with Crippen LogP contribution in [0.5, 0.6) is 0 Å². The van der Waals surface area contributed by atoms with Gasteiger partial charge < -0.3 is 8.54 Å². The van der Waals surface area contributed by atoms with E-state index in [1.54, 1.807) is 0 Å². The summed E-state index contributed by atoms with van der Waals surface area (Å²) in [6.07, 6.45) is 8.08. The van der Waals surface area contributed by atoms with Crippen LogP contribution in [-0.4, -0.2) is 24.7 Å². The summed E-state index contributed by atoms with van der Waals surface area (Å²) in [5, 5.41) is 0. The van der Waals surface area contributed by atoms with Crippen molar-refractivity contribution in [2.75, 3.05) is 7.11 Å². The Labute approximate surface area is 105 Å². The molecule has 0 aromatic carbocycles. The van der Waals surface area contributed by atoms with Crippen molar-refractivity contribution >= 4 is 17.6 Å². The molecule has 0 aromatic rings. The van der Waals surface area contributed by atoms with Crippen molar-refractivity contribution in [1.29, 1.82) is 0 Å². The molecule has 0 aliphatic heterocycles. The first-order valence-corrected chi connectivity index (χ1v) is 11.5. The Morgan fingerprint density at radius 2 is 1.56 bits per heavy atom. The third-order valence-corrected chi connectivity index (χ3v) is 8.32. The van der Waals surface area contributed by atoms with E-state index in [2.05, 4.69) is 26.6 Å². The SMILES string of the molecule is CCCCCCCC[Si](C)(OC)O[Si](C)C. The summed E-state index contributed by atoms with van der Waals surface area (Å²) < 4.78 is 11.7. The molecule has 1 unspecified atom stereocenters. The molecule has 0 aliphatic rings. The zero-order valence-electron chi connectivity index (χ0n) is 11.8. The first-order chi connectivity index (χ1) is 7.54. The van der Waals surface area contributed by atoms with Gasteiger partial charge in [-0.3, -0.25) is 0 Å². The predicted molar refractivity (Wildman–Crippen MR) is 75.4 cm³/mol. The van der Waals surface area contributed by atoms with Crippen molar-refractivity contribution in [2.24, 2.45) is 0 Å². The molecule has 4 heteroatoms. The molecule has 97 valence electrons. The Hall–Kier alpha value is 0.354. The van der Waals surface area contributed by atoms with E-state index in [1.807, 2.05) is 7.11 Å². The fourth-order valence-corrected chi connectivity index (χ4v) is 7.15. The van der Waals surface area contributed by atoms with Gasteiger partial charge in [-0.15, -0.1) is 0 Å². The normalized spacial score (nSPS) is 15.4. The lowest BCUT2D eigenvalue weighted by atomic mass is 10.1. The second-order valence-electron chi connectivity index (χ2n) is 4.87. The minimum Gasteiger partial charge on any atom is -0.436 e. The summed E-state index contributed by atoms with van der Waals surface area (Å²) in [7, 11) is -0.613. The van der Waals surface area contributed by atoms with Crippen LogP contribution in [0, 0.1) is 0 Å². The minimum atomic E-state index is -1.81. The van der Waals surface area contributed by atoms with Crippen LogP contribution in [-0.2, 0) is 8.54 Å². The van der Waals surface area contributed by atoms with Crippen LogP contribution >= 0.6 is 0 Å². The average molecular weight is 262 g/mol. The topological polar surface area (TPSA) is 18.5 Å². The quantitative estimate of drug-likeness (QED) is 0.430. The third kappa shape index (κ3) is 8.50. The molecule has 16 heavy (non-hydrogen) atoms. The van der Waals surface area contributed by atoms with Gasteiger partial charge in [-0.25, -0.2) is 0 Å². The van der Waals surface area contributed by atoms with Crippen molar-refractivity contribution < 1.29 is 8.54 Å². The molecule has 0 aromatic heterocycles. The highest BCUT2D eigenvalue weighted by molar-refractivity contribution is 6.73. The van der Waals surface area contributed by atoms with Crippen LogP contribution in [0.3, 0.4) is 0 Å². The fraction of sp³-hybridized carbons (Fsp3) is 1.00. The van der Waals surface area contributed by atoms with Gasteiger partial charge in [0.15, 0.2) is 9.04 Å². The molecule has 0 saturated heterocycles. The van der Waals surface area contributed by atoms with Gasteiger partial charge in [-0.05, 0) is 25.7 Å². The molecule has 0 amide bonds. The molecule has 0 fully saturated rings. The predicted octanol–water partition coefficient (Wildman–Crippen LogP) is 4.33. The van der Waals surface area contributed by atoms with Gasteiger partial charge in [0.05, 0.1) is 0 Å².